The average Bonchev–Trinajstić information content (AvgIpc) is 3.43. The number of amides is 1. The fourth-order valence-electron chi connectivity index (χ4n) is 4.00. The van der Waals surface area contributed by atoms with Crippen LogP contribution in [0.15, 0.2) is 59.3 Å². The first-order valence-electron chi connectivity index (χ1n) is 11.2. The number of aromatic nitrogens is 4. The summed E-state index contributed by atoms with van der Waals surface area (Å²) < 4.78 is 12.0. The Kier molecular flexibility index (Phi) is 5.74. The Morgan fingerprint density at radius 1 is 1.09 bits per heavy atom. The first-order chi connectivity index (χ1) is 16.9. The molecule has 0 spiro atoms. The van der Waals surface area contributed by atoms with Crippen molar-refractivity contribution in [2.45, 2.75) is 27.2 Å². The second kappa shape index (κ2) is 9.02. The molecule has 5 rings (SSSR count). The van der Waals surface area contributed by atoms with Gasteiger partial charge in [0.1, 0.15) is 11.3 Å². The molecule has 0 saturated carbocycles. The molecule has 3 heterocycles. The van der Waals surface area contributed by atoms with Crippen molar-refractivity contribution in [3.8, 4) is 5.82 Å². The molecule has 1 N–H and O–H groups in total. The largest absolute Gasteiger partial charge is 0.462 e. The summed E-state index contributed by atoms with van der Waals surface area (Å²) in [5.41, 5.74) is 4.03. The number of fused-ring (bicyclic) bond motifs is 2. The maximum Gasteiger partial charge on any atom is 0.343 e. The molecule has 0 bridgehead atoms. The van der Waals surface area contributed by atoms with Gasteiger partial charge in [-0.25, -0.2) is 9.78 Å². The number of carbonyl (C=O) groups excluding carboxylic acids is 2. The van der Waals surface area contributed by atoms with E-state index in [0.717, 1.165) is 27.4 Å². The van der Waals surface area contributed by atoms with Crippen molar-refractivity contribution in [3.63, 3.8) is 0 Å². The van der Waals surface area contributed by atoms with Gasteiger partial charge in [-0.05, 0) is 50.6 Å². The van der Waals surface area contributed by atoms with Gasteiger partial charge in [0.05, 0.1) is 24.7 Å². The zero-order valence-electron chi connectivity index (χ0n) is 19.5. The first kappa shape index (κ1) is 22.3. The van der Waals surface area contributed by atoms with Crippen molar-refractivity contribution >= 4 is 39.6 Å². The van der Waals surface area contributed by atoms with Crippen molar-refractivity contribution in [2.24, 2.45) is 0 Å². The minimum atomic E-state index is -0.589. The third kappa shape index (κ3) is 4.23. The highest BCUT2D eigenvalue weighted by Crippen LogP contribution is 2.25. The lowest BCUT2D eigenvalue weighted by Crippen LogP contribution is -2.20. The van der Waals surface area contributed by atoms with Crippen molar-refractivity contribution < 1.29 is 18.8 Å². The summed E-state index contributed by atoms with van der Waals surface area (Å²) in [5.74, 6) is -0.324. The van der Waals surface area contributed by atoms with E-state index >= 15 is 0 Å². The van der Waals surface area contributed by atoms with Crippen LogP contribution in [-0.2, 0) is 16.0 Å². The Hall–Kier alpha value is -4.53. The predicted octanol–water partition coefficient (Wildman–Crippen LogP) is 4.54. The molecule has 9 heteroatoms. The molecule has 0 radical (unpaired) electrons. The van der Waals surface area contributed by atoms with Gasteiger partial charge in [0.25, 0.3) is 0 Å². The SMILES string of the molecule is CCOC(=O)c1cnn(-c2cc(C)c3ccccc3n2)c1NC(=O)Cc1noc2ccc(C)cc12. The fourth-order valence-corrected chi connectivity index (χ4v) is 4.00. The maximum atomic E-state index is 13.1. The van der Waals surface area contributed by atoms with Gasteiger partial charge in [-0.1, -0.05) is 35.0 Å². The third-order valence-electron chi connectivity index (χ3n) is 5.68. The Balaban J connectivity index is 1.53. The van der Waals surface area contributed by atoms with Crippen LogP contribution in [0.5, 0.6) is 0 Å². The van der Waals surface area contributed by atoms with Crippen LogP contribution in [-0.4, -0.2) is 38.4 Å². The summed E-state index contributed by atoms with van der Waals surface area (Å²) in [6.07, 6.45) is 1.32. The van der Waals surface area contributed by atoms with Crippen molar-refractivity contribution in [3.05, 3.63) is 77.1 Å². The molecule has 1 amide bonds. The standard InChI is InChI=1S/C26H23N5O4/c1-4-34-26(33)19-14-27-31(23-12-16(3)17-7-5-6-8-20(17)28-23)25(19)29-24(32)13-21-18-11-15(2)9-10-22(18)35-30-21/h5-12,14H,4,13H2,1-3H3,(H,29,32). The molecule has 176 valence electrons. The van der Waals surface area contributed by atoms with Crippen LogP contribution >= 0.6 is 0 Å². The fraction of sp³-hybridized carbons (Fsp3) is 0.192. The van der Waals surface area contributed by atoms with E-state index in [9.17, 15) is 9.59 Å². The van der Waals surface area contributed by atoms with Crippen molar-refractivity contribution in [1.29, 1.82) is 0 Å². The molecular weight excluding hydrogens is 446 g/mol. The van der Waals surface area contributed by atoms with Gasteiger partial charge in [0.2, 0.25) is 5.91 Å². The summed E-state index contributed by atoms with van der Waals surface area (Å²) in [6.45, 7) is 5.83. The number of para-hydroxylation sites is 1. The van der Waals surface area contributed by atoms with Crippen LogP contribution in [0.3, 0.4) is 0 Å². The molecule has 5 aromatic rings. The predicted molar refractivity (Wildman–Crippen MR) is 131 cm³/mol. The highest BCUT2D eigenvalue weighted by atomic mass is 16.5. The van der Waals surface area contributed by atoms with E-state index < -0.39 is 5.97 Å². The van der Waals surface area contributed by atoms with Crippen LogP contribution in [0.1, 0.15) is 34.1 Å². The molecule has 9 nitrogen and oxygen atoms in total. The highest BCUT2D eigenvalue weighted by molar-refractivity contribution is 6.01. The number of carbonyl (C=O) groups is 2. The molecular formula is C26H23N5O4. The minimum Gasteiger partial charge on any atom is -0.462 e. The molecule has 3 aromatic heterocycles. The summed E-state index contributed by atoms with van der Waals surface area (Å²) in [5, 5.41) is 13.0. The zero-order valence-corrected chi connectivity index (χ0v) is 19.5. The number of anilines is 1. The Bertz CT molecular complexity index is 1580. The van der Waals surface area contributed by atoms with Gasteiger partial charge in [0.15, 0.2) is 17.2 Å². The number of rotatable bonds is 6. The summed E-state index contributed by atoms with van der Waals surface area (Å²) >= 11 is 0. The van der Waals surface area contributed by atoms with Crippen LogP contribution < -0.4 is 5.32 Å². The van der Waals surface area contributed by atoms with E-state index in [1.807, 2.05) is 62.4 Å². The average molecular weight is 470 g/mol. The van der Waals surface area contributed by atoms with E-state index in [1.54, 1.807) is 6.92 Å². The number of hydrogen-bond donors (Lipinski definition) is 1. The van der Waals surface area contributed by atoms with Gasteiger partial charge in [-0.2, -0.15) is 9.78 Å². The number of benzene rings is 2. The quantitative estimate of drug-likeness (QED) is 0.363. The molecule has 0 aliphatic rings. The zero-order chi connectivity index (χ0) is 24.5. The molecule has 0 atom stereocenters. The topological polar surface area (TPSA) is 112 Å². The van der Waals surface area contributed by atoms with Crippen molar-refractivity contribution in [1.82, 2.24) is 19.9 Å². The van der Waals surface area contributed by atoms with Crippen LogP contribution in [0, 0.1) is 13.8 Å². The third-order valence-corrected chi connectivity index (χ3v) is 5.68. The first-order valence-corrected chi connectivity index (χ1v) is 11.2. The monoisotopic (exact) mass is 469 g/mol. The molecule has 0 unspecified atom stereocenters. The highest BCUT2D eigenvalue weighted by Gasteiger charge is 2.23. The van der Waals surface area contributed by atoms with Gasteiger partial charge in [-0.3, -0.25) is 4.79 Å². The molecule has 0 aliphatic heterocycles. The number of pyridine rings is 1. The lowest BCUT2D eigenvalue weighted by atomic mass is 10.1. The second-order valence-corrected chi connectivity index (χ2v) is 8.21. The van der Waals surface area contributed by atoms with Crippen LogP contribution in [0.25, 0.3) is 27.7 Å². The lowest BCUT2D eigenvalue weighted by molar-refractivity contribution is -0.115. The molecule has 0 aliphatic carbocycles. The van der Waals surface area contributed by atoms with Gasteiger partial charge in [-0.15, -0.1) is 0 Å². The number of ether oxygens (including phenoxy) is 1. The van der Waals surface area contributed by atoms with Gasteiger partial charge in [0, 0.05) is 10.8 Å². The second-order valence-electron chi connectivity index (χ2n) is 8.21. The number of aryl methyl sites for hydroxylation is 2. The minimum absolute atomic E-state index is 0.0475. The van der Waals surface area contributed by atoms with E-state index in [1.165, 1.54) is 10.9 Å². The summed E-state index contributed by atoms with van der Waals surface area (Å²) in [4.78, 5) is 30.4. The summed E-state index contributed by atoms with van der Waals surface area (Å²) in [7, 11) is 0. The van der Waals surface area contributed by atoms with E-state index in [-0.39, 0.29) is 30.3 Å². The maximum absolute atomic E-state index is 13.1. The van der Waals surface area contributed by atoms with Gasteiger partial charge >= 0.3 is 5.97 Å². The number of nitrogens with one attached hydrogen (secondary N) is 1. The smallest absolute Gasteiger partial charge is 0.343 e. The molecule has 0 fully saturated rings. The van der Waals surface area contributed by atoms with E-state index in [2.05, 4.69) is 20.6 Å². The van der Waals surface area contributed by atoms with Crippen LogP contribution in [0.4, 0.5) is 5.82 Å². The van der Waals surface area contributed by atoms with E-state index in [0.29, 0.717) is 17.1 Å². The molecule has 0 saturated heterocycles. The normalized spacial score (nSPS) is 11.2. The Labute approximate surface area is 200 Å². The Morgan fingerprint density at radius 3 is 2.74 bits per heavy atom. The van der Waals surface area contributed by atoms with Crippen molar-refractivity contribution in [2.75, 3.05) is 11.9 Å². The number of nitrogens with zero attached hydrogens (tertiary/aromatic N) is 4. The Morgan fingerprint density at radius 2 is 1.91 bits per heavy atom. The summed E-state index contributed by atoms with van der Waals surface area (Å²) in [6, 6.07) is 15.3. The van der Waals surface area contributed by atoms with Crippen LogP contribution in [0.2, 0.25) is 0 Å². The molecule has 35 heavy (non-hydrogen) atoms. The van der Waals surface area contributed by atoms with E-state index in [4.69, 9.17) is 9.26 Å². The molecule has 2 aromatic carbocycles. The van der Waals surface area contributed by atoms with Gasteiger partial charge < -0.3 is 14.6 Å². The lowest BCUT2D eigenvalue weighted by Gasteiger charge is -2.12. The number of hydrogen-bond acceptors (Lipinski definition) is 7. The number of esters is 1.